The molecule has 2 unspecified atom stereocenters. The Kier molecular flexibility index (Phi) is 4.14. The maximum Gasteiger partial charge on any atom is 0.320 e. The lowest BCUT2D eigenvalue weighted by atomic mass is 10.2. The second-order valence-corrected chi connectivity index (χ2v) is 3.09. The van der Waals surface area contributed by atoms with Crippen molar-refractivity contribution in [3.05, 3.63) is 0 Å². The monoisotopic (exact) mass is 189 g/mol. The number of carbonyl (C=O) groups is 1. The number of hydrogen-bond acceptors (Lipinski definition) is 4. The van der Waals surface area contributed by atoms with Gasteiger partial charge in [0, 0.05) is 13.2 Å². The number of carboxylic acid groups (broad SMARTS) is 1. The maximum atomic E-state index is 10.3. The summed E-state index contributed by atoms with van der Waals surface area (Å²) in [5, 5.41) is 8.47. The summed E-state index contributed by atoms with van der Waals surface area (Å²) in [5.74, 6) is -0.980. The first-order valence-corrected chi connectivity index (χ1v) is 4.38. The van der Waals surface area contributed by atoms with E-state index in [0.29, 0.717) is 19.6 Å². The van der Waals surface area contributed by atoms with Crippen LogP contribution in [0.25, 0.3) is 0 Å². The second-order valence-electron chi connectivity index (χ2n) is 3.09. The SMILES string of the molecule is NC(CCOC1CCOC1)C(=O)O. The Labute approximate surface area is 76.8 Å². The molecule has 76 valence electrons. The van der Waals surface area contributed by atoms with Gasteiger partial charge in [0.05, 0.1) is 12.7 Å². The molecule has 0 radical (unpaired) electrons. The normalized spacial score (nSPS) is 24.5. The summed E-state index contributed by atoms with van der Waals surface area (Å²) < 4.78 is 10.4. The second kappa shape index (κ2) is 5.16. The lowest BCUT2D eigenvalue weighted by Crippen LogP contribution is -2.32. The molecule has 0 saturated carbocycles. The van der Waals surface area contributed by atoms with Crippen LogP contribution in [-0.2, 0) is 14.3 Å². The Morgan fingerprint density at radius 2 is 2.54 bits per heavy atom. The molecule has 1 rings (SSSR count). The van der Waals surface area contributed by atoms with Gasteiger partial charge in [0.2, 0.25) is 0 Å². The van der Waals surface area contributed by atoms with E-state index in [1.54, 1.807) is 0 Å². The van der Waals surface area contributed by atoms with Gasteiger partial charge in [-0.1, -0.05) is 0 Å². The van der Waals surface area contributed by atoms with E-state index in [0.717, 1.165) is 13.0 Å². The van der Waals surface area contributed by atoms with Crippen LogP contribution in [-0.4, -0.2) is 43.0 Å². The van der Waals surface area contributed by atoms with E-state index in [2.05, 4.69) is 0 Å². The average Bonchev–Trinajstić information content (AvgIpc) is 2.56. The van der Waals surface area contributed by atoms with E-state index in [-0.39, 0.29) is 6.10 Å². The van der Waals surface area contributed by atoms with E-state index in [1.807, 2.05) is 0 Å². The fraction of sp³-hybridized carbons (Fsp3) is 0.875. The van der Waals surface area contributed by atoms with Crippen LogP contribution < -0.4 is 5.73 Å². The van der Waals surface area contributed by atoms with Gasteiger partial charge in [-0.15, -0.1) is 0 Å². The van der Waals surface area contributed by atoms with Crippen LogP contribution in [0.5, 0.6) is 0 Å². The fourth-order valence-corrected chi connectivity index (χ4v) is 1.13. The molecule has 0 aliphatic carbocycles. The molecule has 13 heavy (non-hydrogen) atoms. The summed E-state index contributed by atoms with van der Waals surface area (Å²) >= 11 is 0. The molecule has 1 fully saturated rings. The topological polar surface area (TPSA) is 81.8 Å². The van der Waals surface area contributed by atoms with E-state index in [9.17, 15) is 4.79 Å². The number of carboxylic acids is 1. The lowest BCUT2D eigenvalue weighted by molar-refractivity contribution is -0.139. The molecule has 0 aromatic rings. The molecule has 1 saturated heterocycles. The fourth-order valence-electron chi connectivity index (χ4n) is 1.13. The molecular formula is C8H15NO4. The van der Waals surface area contributed by atoms with Crippen LogP contribution in [0.3, 0.4) is 0 Å². The molecule has 0 spiro atoms. The molecule has 5 heteroatoms. The molecule has 3 N–H and O–H groups in total. The Morgan fingerprint density at radius 3 is 3.08 bits per heavy atom. The zero-order valence-electron chi connectivity index (χ0n) is 7.44. The van der Waals surface area contributed by atoms with Crippen molar-refractivity contribution in [2.24, 2.45) is 5.73 Å². The van der Waals surface area contributed by atoms with Crippen molar-refractivity contribution < 1.29 is 19.4 Å². The number of rotatable bonds is 5. The minimum atomic E-state index is -0.980. The first-order chi connectivity index (χ1) is 6.20. The van der Waals surface area contributed by atoms with Crippen LogP contribution in [0, 0.1) is 0 Å². The number of hydrogen-bond donors (Lipinski definition) is 2. The standard InChI is InChI=1S/C8H15NO4/c9-7(8(10)11)2-4-13-6-1-3-12-5-6/h6-7H,1-5,9H2,(H,10,11). The Balaban J connectivity index is 2.02. The number of aliphatic carboxylic acids is 1. The van der Waals surface area contributed by atoms with E-state index in [4.69, 9.17) is 20.3 Å². The highest BCUT2D eigenvalue weighted by Crippen LogP contribution is 2.08. The summed E-state index contributed by atoms with van der Waals surface area (Å²) in [4.78, 5) is 10.3. The van der Waals surface area contributed by atoms with Crippen LogP contribution in [0.15, 0.2) is 0 Å². The summed E-state index contributed by atoms with van der Waals surface area (Å²) in [6, 6.07) is -0.817. The van der Waals surface area contributed by atoms with Crippen molar-refractivity contribution in [2.75, 3.05) is 19.8 Å². The summed E-state index contributed by atoms with van der Waals surface area (Å²) in [6.45, 7) is 1.74. The highest BCUT2D eigenvalue weighted by atomic mass is 16.5. The van der Waals surface area contributed by atoms with E-state index in [1.165, 1.54) is 0 Å². The zero-order chi connectivity index (χ0) is 9.68. The van der Waals surface area contributed by atoms with Gasteiger partial charge in [-0.3, -0.25) is 4.79 Å². The predicted molar refractivity (Wildman–Crippen MR) is 45.4 cm³/mol. The smallest absolute Gasteiger partial charge is 0.320 e. The lowest BCUT2D eigenvalue weighted by Gasteiger charge is -2.10. The van der Waals surface area contributed by atoms with Gasteiger partial charge in [0.1, 0.15) is 6.04 Å². The van der Waals surface area contributed by atoms with Gasteiger partial charge in [-0.25, -0.2) is 0 Å². The van der Waals surface area contributed by atoms with Gasteiger partial charge < -0.3 is 20.3 Å². The minimum Gasteiger partial charge on any atom is -0.480 e. The molecule has 1 aliphatic heterocycles. The Morgan fingerprint density at radius 1 is 1.77 bits per heavy atom. The highest BCUT2D eigenvalue weighted by Gasteiger charge is 2.17. The van der Waals surface area contributed by atoms with Gasteiger partial charge >= 0.3 is 5.97 Å². The van der Waals surface area contributed by atoms with Crippen molar-refractivity contribution in [2.45, 2.75) is 25.0 Å². The summed E-state index contributed by atoms with van der Waals surface area (Å²) in [6.07, 6.45) is 1.37. The summed E-state index contributed by atoms with van der Waals surface area (Å²) in [5.41, 5.74) is 5.29. The van der Waals surface area contributed by atoms with Crippen LogP contribution in [0.2, 0.25) is 0 Å². The molecular weight excluding hydrogens is 174 g/mol. The molecule has 5 nitrogen and oxygen atoms in total. The Hall–Kier alpha value is -0.650. The number of ether oxygens (including phenoxy) is 2. The maximum absolute atomic E-state index is 10.3. The van der Waals surface area contributed by atoms with E-state index < -0.39 is 12.0 Å². The van der Waals surface area contributed by atoms with Gasteiger partial charge in [-0.05, 0) is 12.8 Å². The first-order valence-electron chi connectivity index (χ1n) is 4.38. The molecule has 0 bridgehead atoms. The summed E-state index contributed by atoms with van der Waals surface area (Å²) in [7, 11) is 0. The third kappa shape index (κ3) is 3.71. The average molecular weight is 189 g/mol. The minimum absolute atomic E-state index is 0.126. The molecule has 0 aromatic carbocycles. The quantitative estimate of drug-likeness (QED) is 0.614. The van der Waals surface area contributed by atoms with Crippen LogP contribution >= 0.6 is 0 Å². The largest absolute Gasteiger partial charge is 0.480 e. The third-order valence-corrected chi connectivity index (χ3v) is 1.99. The molecule has 1 aliphatic rings. The van der Waals surface area contributed by atoms with Crippen molar-refractivity contribution >= 4 is 5.97 Å². The Bertz CT molecular complexity index is 168. The van der Waals surface area contributed by atoms with Gasteiger partial charge in [0.25, 0.3) is 0 Å². The molecule has 0 aromatic heterocycles. The van der Waals surface area contributed by atoms with Crippen LogP contribution in [0.1, 0.15) is 12.8 Å². The van der Waals surface area contributed by atoms with Crippen molar-refractivity contribution in [3.63, 3.8) is 0 Å². The first kappa shape index (κ1) is 10.4. The van der Waals surface area contributed by atoms with E-state index >= 15 is 0 Å². The number of nitrogens with two attached hydrogens (primary N) is 1. The zero-order valence-corrected chi connectivity index (χ0v) is 7.44. The van der Waals surface area contributed by atoms with Gasteiger partial charge in [0.15, 0.2) is 0 Å². The van der Waals surface area contributed by atoms with Crippen molar-refractivity contribution in [1.82, 2.24) is 0 Å². The molecule has 2 atom stereocenters. The molecule has 1 heterocycles. The van der Waals surface area contributed by atoms with Crippen LogP contribution in [0.4, 0.5) is 0 Å². The van der Waals surface area contributed by atoms with Crippen molar-refractivity contribution in [3.8, 4) is 0 Å². The highest BCUT2D eigenvalue weighted by molar-refractivity contribution is 5.72. The van der Waals surface area contributed by atoms with Gasteiger partial charge in [-0.2, -0.15) is 0 Å². The molecule has 0 amide bonds. The third-order valence-electron chi connectivity index (χ3n) is 1.99. The predicted octanol–water partition coefficient (Wildman–Crippen LogP) is -0.406. The van der Waals surface area contributed by atoms with Crippen molar-refractivity contribution in [1.29, 1.82) is 0 Å².